The predicted molar refractivity (Wildman–Crippen MR) is 95.8 cm³/mol. The van der Waals surface area contributed by atoms with Gasteiger partial charge in [0.05, 0.1) is 5.52 Å². The number of anilines is 1. The monoisotopic (exact) mass is 318 g/mol. The van der Waals surface area contributed by atoms with Crippen molar-refractivity contribution in [3.8, 4) is 0 Å². The van der Waals surface area contributed by atoms with E-state index < -0.39 is 0 Å². The van der Waals surface area contributed by atoms with Crippen molar-refractivity contribution in [1.82, 2.24) is 4.57 Å². The van der Waals surface area contributed by atoms with Crippen molar-refractivity contribution in [1.29, 1.82) is 0 Å². The third kappa shape index (κ3) is 2.22. The number of nitrogens with one attached hydrogen (secondary N) is 1. The molecule has 0 bridgehead atoms. The Morgan fingerprint density at radius 2 is 1.92 bits per heavy atom. The van der Waals surface area contributed by atoms with Crippen molar-refractivity contribution >= 4 is 22.5 Å². The Morgan fingerprint density at radius 1 is 1.17 bits per heavy atom. The zero-order chi connectivity index (χ0) is 16.8. The van der Waals surface area contributed by atoms with E-state index in [2.05, 4.69) is 16.8 Å². The summed E-state index contributed by atoms with van der Waals surface area (Å²) in [4.78, 5) is 25.4. The fraction of sp³-hybridized carbons (Fsp3) is 0.200. The Morgan fingerprint density at radius 3 is 2.67 bits per heavy atom. The smallest absolute Gasteiger partial charge is 0.261 e. The van der Waals surface area contributed by atoms with Crippen LogP contribution in [0.2, 0.25) is 0 Å². The van der Waals surface area contributed by atoms with Gasteiger partial charge in [0, 0.05) is 23.3 Å². The molecular weight excluding hydrogens is 300 g/mol. The molecule has 1 atom stereocenters. The summed E-state index contributed by atoms with van der Waals surface area (Å²) in [7, 11) is 0. The van der Waals surface area contributed by atoms with E-state index in [0.29, 0.717) is 11.1 Å². The summed E-state index contributed by atoms with van der Waals surface area (Å²) in [5.74, 6) is -0.362. The lowest BCUT2D eigenvalue weighted by molar-refractivity contribution is 0.102. The van der Waals surface area contributed by atoms with E-state index >= 15 is 0 Å². The molecule has 0 radical (unpaired) electrons. The minimum Gasteiger partial charge on any atom is -0.343 e. The number of hydrogen-bond donors (Lipinski definition) is 1. The average Bonchev–Trinajstić information content (AvgIpc) is 2.89. The van der Waals surface area contributed by atoms with Gasteiger partial charge in [-0.1, -0.05) is 29.8 Å². The van der Waals surface area contributed by atoms with Crippen LogP contribution in [0.15, 0.2) is 53.5 Å². The SMILES string of the molecule is Cc1ccc(NC(=O)c2cn3c4c(cccc4c2=O)CC3C)cc1. The topological polar surface area (TPSA) is 51.1 Å². The molecule has 0 saturated heterocycles. The Balaban J connectivity index is 1.81. The molecule has 1 N–H and O–H groups in total. The maximum atomic E-state index is 12.8. The van der Waals surface area contributed by atoms with Crippen LogP contribution in [0.3, 0.4) is 0 Å². The number of hydrogen-bond acceptors (Lipinski definition) is 2. The molecule has 4 nitrogen and oxygen atoms in total. The number of aryl methyl sites for hydroxylation is 1. The second-order valence-electron chi connectivity index (χ2n) is 6.47. The molecule has 0 aliphatic carbocycles. The quantitative estimate of drug-likeness (QED) is 0.783. The fourth-order valence-corrected chi connectivity index (χ4v) is 3.41. The largest absolute Gasteiger partial charge is 0.343 e. The normalized spacial score (nSPS) is 15.7. The van der Waals surface area contributed by atoms with Crippen LogP contribution >= 0.6 is 0 Å². The lowest BCUT2D eigenvalue weighted by Gasteiger charge is -2.12. The number of amides is 1. The van der Waals surface area contributed by atoms with Crippen LogP contribution in [0, 0.1) is 6.92 Å². The van der Waals surface area contributed by atoms with Crippen LogP contribution in [0.1, 0.15) is 34.5 Å². The van der Waals surface area contributed by atoms with Gasteiger partial charge in [-0.3, -0.25) is 9.59 Å². The van der Waals surface area contributed by atoms with Crippen LogP contribution in [0.25, 0.3) is 10.9 Å². The highest BCUT2D eigenvalue weighted by molar-refractivity contribution is 6.06. The Hall–Kier alpha value is -2.88. The van der Waals surface area contributed by atoms with Crippen LogP contribution in [0.5, 0.6) is 0 Å². The van der Waals surface area contributed by atoms with E-state index in [1.807, 2.05) is 43.3 Å². The first kappa shape index (κ1) is 14.7. The predicted octanol–water partition coefficient (Wildman–Crippen LogP) is 3.68. The van der Waals surface area contributed by atoms with Gasteiger partial charge < -0.3 is 9.88 Å². The van der Waals surface area contributed by atoms with Crippen molar-refractivity contribution < 1.29 is 4.79 Å². The van der Waals surface area contributed by atoms with Gasteiger partial charge >= 0.3 is 0 Å². The Kier molecular flexibility index (Phi) is 3.27. The molecule has 0 saturated carbocycles. The number of pyridine rings is 1. The standard InChI is InChI=1S/C20H18N2O2/c1-12-6-8-15(9-7-12)21-20(24)17-11-22-13(2)10-14-4-3-5-16(18(14)22)19(17)23/h3-9,11,13H,10H2,1-2H3,(H,21,24). The molecule has 0 fully saturated rings. The lowest BCUT2D eigenvalue weighted by Crippen LogP contribution is -2.23. The molecule has 1 aliphatic heterocycles. The molecule has 2 heterocycles. The summed E-state index contributed by atoms with van der Waals surface area (Å²) < 4.78 is 2.05. The highest BCUT2D eigenvalue weighted by Crippen LogP contribution is 2.30. The maximum Gasteiger partial charge on any atom is 0.261 e. The zero-order valence-electron chi connectivity index (χ0n) is 13.7. The first-order valence-corrected chi connectivity index (χ1v) is 8.09. The first-order chi connectivity index (χ1) is 11.5. The van der Waals surface area contributed by atoms with Gasteiger partial charge in [-0.25, -0.2) is 0 Å². The summed E-state index contributed by atoms with van der Waals surface area (Å²) in [5.41, 5.74) is 3.92. The summed E-state index contributed by atoms with van der Waals surface area (Å²) in [5, 5.41) is 3.44. The summed E-state index contributed by atoms with van der Waals surface area (Å²) in [6, 6.07) is 13.5. The maximum absolute atomic E-state index is 12.8. The molecule has 1 aromatic heterocycles. The number of carbonyl (C=O) groups excluding carboxylic acids is 1. The van der Waals surface area contributed by atoms with Crippen molar-refractivity contribution in [3.05, 3.63) is 75.6 Å². The van der Waals surface area contributed by atoms with Crippen LogP contribution < -0.4 is 10.7 Å². The number of nitrogens with zero attached hydrogens (tertiary/aromatic N) is 1. The van der Waals surface area contributed by atoms with Crippen molar-refractivity contribution in [2.24, 2.45) is 0 Å². The minimum absolute atomic E-state index is 0.189. The molecule has 1 aliphatic rings. The Bertz CT molecular complexity index is 1020. The van der Waals surface area contributed by atoms with Crippen molar-refractivity contribution in [3.63, 3.8) is 0 Å². The van der Waals surface area contributed by atoms with Gasteiger partial charge in [-0.2, -0.15) is 0 Å². The van der Waals surface area contributed by atoms with E-state index in [4.69, 9.17) is 0 Å². The molecule has 4 rings (SSSR count). The fourth-order valence-electron chi connectivity index (χ4n) is 3.41. The van der Waals surface area contributed by atoms with Crippen LogP contribution in [-0.2, 0) is 6.42 Å². The zero-order valence-corrected chi connectivity index (χ0v) is 13.7. The van der Waals surface area contributed by atoms with Crippen LogP contribution in [-0.4, -0.2) is 10.5 Å². The van der Waals surface area contributed by atoms with Gasteiger partial charge in [-0.05, 0) is 44.0 Å². The van der Waals surface area contributed by atoms with E-state index in [1.165, 1.54) is 5.56 Å². The van der Waals surface area contributed by atoms with Gasteiger partial charge in [0.1, 0.15) is 5.56 Å². The highest BCUT2D eigenvalue weighted by Gasteiger charge is 2.24. The summed E-state index contributed by atoms with van der Waals surface area (Å²) >= 11 is 0. The van der Waals surface area contributed by atoms with E-state index in [9.17, 15) is 9.59 Å². The van der Waals surface area contributed by atoms with Crippen molar-refractivity contribution in [2.75, 3.05) is 5.32 Å². The first-order valence-electron chi connectivity index (χ1n) is 8.09. The molecular formula is C20H18N2O2. The number of carbonyl (C=O) groups is 1. The number of benzene rings is 2. The molecule has 0 spiro atoms. The highest BCUT2D eigenvalue weighted by atomic mass is 16.2. The summed E-state index contributed by atoms with van der Waals surface area (Å²) in [6.45, 7) is 4.09. The molecule has 120 valence electrons. The average molecular weight is 318 g/mol. The molecule has 2 aromatic carbocycles. The number of aromatic nitrogens is 1. The van der Waals surface area contributed by atoms with Gasteiger partial charge in [0.15, 0.2) is 0 Å². The van der Waals surface area contributed by atoms with Gasteiger partial charge in [0.25, 0.3) is 5.91 Å². The minimum atomic E-state index is -0.362. The summed E-state index contributed by atoms with van der Waals surface area (Å²) in [6.07, 6.45) is 2.59. The number of rotatable bonds is 2. The second-order valence-corrected chi connectivity index (χ2v) is 6.47. The van der Waals surface area contributed by atoms with Crippen LogP contribution in [0.4, 0.5) is 5.69 Å². The van der Waals surface area contributed by atoms with Gasteiger partial charge in [-0.15, -0.1) is 0 Å². The molecule has 3 aromatic rings. The molecule has 4 heteroatoms. The molecule has 1 amide bonds. The number of para-hydroxylation sites is 1. The molecule has 1 unspecified atom stereocenters. The van der Waals surface area contributed by atoms with E-state index in [-0.39, 0.29) is 22.9 Å². The van der Waals surface area contributed by atoms with Gasteiger partial charge in [0.2, 0.25) is 5.43 Å². The lowest BCUT2D eigenvalue weighted by atomic mass is 10.1. The third-order valence-corrected chi connectivity index (χ3v) is 4.68. The van der Waals surface area contributed by atoms with E-state index in [0.717, 1.165) is 17.5 Å². The molecule has 24 heavy (non-hydrogen) atoms. The van der Waals surface area contributed by atoms with Crippen molar-refractivity contribution in [2.45, 2.75) is 26.3 Å². The Labute approximate surface area is 139 Å². The third-order valence-electron chi connectivity index (χ3n) is 4.68. The second kappa shape index (κ2) is 5.34. The van der Waals surface area contributed by atoms with E-state index in [1.54, 1.807) is 12.3 Å².